The predicted molar refractivity (Wildman–Crippen MR) is 354 cm³/mol. The number of likely N-dealkylation sites (tertiary alicyclic amines) is 2. The van der Waals surface area contributed by atoms with Crippen LogP contribution in [0.5, 0.6) is 0 Å². The number of imide groups is 1. The lowest BCUT2D eigenvalue weighted by Crippen LogP contribution is -2.60. The fraction of sp³-hybridized carbons (Fsp3) is 0.647. The first kappa shape index (κ1) is 79.4. The summed E-state index contributed by atoms with van der Waals surface area (Å²) in [5, 5.41) is 27.4. The van der Waals surface area contributed by atoms with E-state index in [9.17, 15) is 62.6 Å². The van der Waals surface area contributed by atoms with Crippen LogP contribution in [0.25, 0.3) is 0 Å². The Morgan fingerprint density at radius 3 is 1.92 bits per heavy atom. The number of anilines is 1. The molecule has 0 spiro atoms. The van der Waals surface area contributed by atoms with Gasteiger partial charge >= 0.3 is 12.1 Å². The molecule has 0 bridgehead atoms. The number of methoxy groups -OCH3 is 2. The number of aliphatic hydroxyl groups is 1. The minimum Gasteiger partial charge on any atom is -0.445 e. The second kappa shape index (κ2) is 38.5. The lowest BCUT2D eigenvalue weighted by molar-refractivity contribution is -0.148. The second-order valence-electron chi connectivity index (χ2n) is 26.1. The number of carbonyl (C=O) groups excluding carboxylic acids is 12. The number of Topliss-reactive ketones (excluding diaryl/α,β-unsaturated/α-hetero) is 1. The zero-order valence-corrected chi connectivity index (χ0v) is 57.9. The summed E-state index contributed by atoms with van der Waals surface area (Å²) in [5.74, 6) is -6.84. The number of nitrogens with one attached hydrogen (secondary N) is 6. The Hall–Kier alpha value is -8.04. The topological polar surface area (TPSA) is 364 Å². The van der Waals surface area contributed by atoms with Crippen LogP contribution in [0.4, 0.5) is 15.3 Å². The fourth-order valence-corrected chi connectivity index (χ4v) is 12.2. The largest absolute Gasteiger partial charge is 0.445 e. The molecule has 2 heterocycles. The smallest absolute Gasteiger partial charge is 0.410 e. The van der Waals surface area contributed by atoms with Gasteiger partial charge in [0.15, 0.2) is 5.78 Å². The van der Waals surface area contributed by atoms with Gasteiger partial charge in [-0.15, -0.1) is 0 Å². The minimum atomic E-state index is -1.16. The molecule has 2 aliphatic heterocycles. The molecule has 2 saturated heterocycles. The third-order valence-corrected chi connectivity index (χ3v) is 17.9. The molecular weight excluding hydrogens is 1230 g/mol. The number of primary amides is 1. The van der Waals surface area contributed by atoms with E-state index in [1.807, 2.05) is 32.0 Å². The van der Waals surface area contributed by atoms with Crippen molar-refractivity contribution in [2.75, 3.05) is 53.3 Å². The number of ketones is 1. The van der Waals surface area contributed by atoms with Gasteiger partial charge in [-0.2, -0.15) is 0 Å². The molecule has 27 heteroatoms. The Labute approximate surface area is 559 Å². The van der Waals surface area contributed by atoms with Crippen molar-refractivity contribution in [1.82, 2.24) is 46.2 Å². The highest BCUT2D eigenvalue weighted by molar-refractivity contribution is 6.05. The lowest BCUT2D eigenvalue weighted by atomic mass is 9.89. The molecular formula is C68H105N11O16. The SMILES string of the molecule is CC[C@H](C)[C@@H]([C@@H](CC(=O)N1CCC[C@H]1[C@H](OC)[C@@H](C)C(=O)N[C@H](C)[C@@H](O)c1ccccc1)OC)N(C)C(=O)[C@@H](NC(=O)[C@H](C(C)C)N(C)C(=O)OCc1ccc(NC(=O)[C@H](CCCNC(N)=O)NC(=O)[C@@H](NC(=O)CCCC(=O)CN2C(=O)CCC2=O)C(C)C)cc1)C(C)C. The van der Waals surface area contributed by atoms with Crippen LogP contribution in [0.15, 0.2) is 54.6 Å². The normalized spacial score (nSPS) is 17.5. The summed E-state index contributed by atoms with van der Waals surface area (Å²) in [7, 11) is 6.06. The number of hydrogen-bond acceptors (Lipinski definition) is 16. The molecule has 0 aliphatic carbocycles. The monoisotopic (exact) mass is 1330 g/mol. The number of nitrogens with two attached hydrogens (primary N) is 1. The van der Waals surface area contributed by atoms with Gasteiger partial charge in [0.2, 0.25) is 53.2 Å². The zero-order valence-electron chi connectivity index (χ0n) is 57.9. The van der Waals surface area contributed by atoms with Crippen molar-refractivity contribution >= 4 is 76.8 Å². The van der Waals surface area contributed by atoms with Gasteiger partial charge in [-0.05, 0) is 86.0 Å². The maximum atomic E-state index is 14.8. The first-order valence-corrected chi connectivity index (χ1v) is 33.1. The molecule has 0 radical (unpaired) electrons. The van der Waals surface area contributed by atoms with Crippen LogP contribution < -0.4 is 37.6 Å². The highest BCUT2D eigenvalue weighted by Crippen LogP contribution is 2.31. The molecule has 2 fully saturated rings. The standard InChI is InChI=1S/C68H105N11O16/c1-15-42(8)59(51(93-13)36-55(84)78-35-21-26-50(78)61(94-14)43(9)62(86)71-44(10)60(85)46-22-17-16-18-23-46)76(11)66(90)57(40(4)5)75-65(89)58(41(6)7)77(12)68(92)95-38-45-28-30-47(31-29-45)72-63(87)49(25-20-34-70-67(69)91)73-64(88)56(39(2)3)74-52(81)27-19-24-48(80)37-79-53(82)32-33-54(79)83/h16-18,22-23,28-31,39-44,49-51,56-61,85H,15,19-21,24-27,32-38H2,1-14H3,(H,71,86)(H,72,87)(H,73,88)(H,74,81)(H,75,89)(H3,69,70,91)/t42-,43+,44+,49-,50-,51+,56-,57-,58-,59-,60+,61+/m0/s1. The van der Waals surface area contributed by atoms with Crippen molar-refractivity contribution < 1.29 is 76.9 Å². The first-order chi connectivity index (χ1) is 44.9. The van der Waals surface area contributed by atoms with Gasteiger partial charge in [-0.3, -0.25) is 57.7 Å². The van der Waals surface area contributed by atoms with Crippen molar-refractivity contribution in [2.45, 2.75) is 207 Å². The number of carbonyl (C=O) groups is 12. The van der Waals surface area contributed by atoms with Gasteiger partial charge < -0.3 is 66.8 Å². The molecule has 95 heavy (non-hydrogen) atoms. The van der Waals surface area contributed by atoms with Crippen LogP contribution in [0.3, 0.4) is 0 Å². The first-order valence-electron chi connectivity index (χ1n) is 33.1. The molecule has 0 aromatic heterocycles. The summed E-state index contributed by atoms with van der Waals surface area (Å²) in [6.45, 7) is 17.8. The van der Waals surface area contributed by atoms with E-state index in [0.29, 0.717) is 42.6 Å². The Kier molecular flexibility index (Phi) is 32.2. The number of urea groups is 1. The second-order valence-corrected chi connectivity index (χ2v) is 26.1. The van der Waals surface area contributed by atoms with Crippen molar-refractivity contribution in [1.29, 1.82) is 0 Å². The van der Waals surface area contributed by atoms with Gasteiger partial charge in [0, 0.05) is 72.8 Å². The van der Waals surface area contributed by atoms with Crippen LogP contribution in [-0.2, 0) is 68.8 Å². The van der Waals surface area contributed by atoms with E-state index in [-0.39, 0.29) is 94.6 Å². The summed E-state index contributed by atoms with van der Waals surface area (Å²) in [6, 6.07) is 8.47. The third-order valence-electron chi connectivity index (χ3n) is 17.9. The minimum absolute atomic E-state index is 0.0490. The van der Waals surface area contributed by atoms with Crippen molar-refractivity contribution in [3.63, 3.8) is 0 Å². The maximum absolute atomic E-state index is 14.8. The predicted octanol–water partition coefficient (Wildman–Crippen LogP) is 4.48. The summed E-state index contributed by atoms with van der Waals surface area (Å²) in [4.78, 5) is 165. The number of likely N-dealkylation sites (N-methyl/N-ethyl adjacent to an activating group) is 2. The van der Waals surface area contributed by atoms with Crippen molar-refractivity contribution in [3.8, 4) is 0 Å². The van der Waals surface area contributed by atoms with Gasteiger partial charge in [-0.1, -0.05) is 111 Å². The third kappa shape index (κ3) is 23.4. The summed E-state index contributed by atoms with van der Waals surface area (Å²) < 4.78 is 17.7. The number of nitrogens with zero attached hydrogens (tertiary/aromatic N) is 4. The quantitative estimate of drug-likeness (QED) is 0.0339. The molecule has 4 rings (SSSR count). The van der Waals surface area contributed by atoms with Crippen LogP contribution >= 0.6 is 0 Å². The van der Waals surface area contributed by atoms with Gasteiger partial charge in [0.05, 0.1) is 55.3 Å². The average molecular weight is 1330 g/mol. The molecule has 27 nitrogen and oxygen atoms in total. The van der Waals surface area contributed by atoms with Crippen molar-refractivity contribution in [2.24, 2.45) is 35.3 Å². The molecule has 0 saturated carbocycles. The fourth-order valence-electron chi connectivity index (χ4n) is 12.2. The Morgan fingerprint density at radius 1 is 0.716 bits per heavy atom. The molecule has 0 unspecified atom stereocenters. The van der Waals surface area contributed by atoms with E-state index < -0.39 is 138 Å². The summed E-state index contributed by atoms with van der Waals surface area (Å²) in [5.41, 5.74) is 6.72. The highest BCUT2D eigenvalue weighted by Gasteiger charge is 2.44. The average Bonchev–Trinajstić information content (AvgIpc) is 1.80. The van der Waals surface area contributed by atoms with Crippen molar-refractivity contribution in [3.05, 3.63) is 65.7 Å². The number of rotatable bonds is 38. The number of ether oxygens (including phenoxy) is 3. The molecule has 528 valence electrons. The summed E-state index contributed by atoms with van der Waals surface area (Å²) >= 11 is 0. The van der Waals surface area contributed by atoms with Crippen LogP contribution in [0.2, 0.25) is 0 Å². The number of amides is 12. The van der Waals surface area contributed by atoms with E-state index in [0.717, 1.165) is 9.80 Å². The van der Waals surface area contributed by atoms with E-state index in [4.69, 9.17) is 19.9 Å². The molecule has 2 aliphatic rings. The van der Waals surface area contributed by atoms with Crippen LogP contribution in [0.1, 0.15) is 157 Å². The maximum Gasteiger partial charge on any atom is 0.410 e. The van der Waals surface area contributed by atoms with E-state index in [1.165, 1.54) is 21.3 Å². The molecule has 2 aromatic rings. The highest BCUT2D eigenvalue weighted by atomic mass is 16.6. The number of hydrogen-bond donors (Lipinski definition) is 8. The Balaban J connectivity index is 1.38. The number of benzene rings is 2. The van der Waals surface area contributed by atoms with Gasteiger partial charge in [0.25, 0.3) is 0 Å². The molecule has 2 aromatic carbocycles. The summed E-state index contributed by atoms with van der Waals surface area (Å²) in [6.07, 6.45) is -1.18. The van der Waals surface area contributed by atoms with E-state index in [2.05, 4.69) is 31.9 Å². The van der Waals surface area contributed by atoms with Crippen LogP contribution in [0, 0.1) is 29.6 Å². The van der Waals surface area contributed by atoms with E-state index >= 15 is 0 Å². The molecule has 12 amide bonds. The molecule has 9 N–H and O–H groups in total. The van der Waals surface area contributed by atoms with Gasteiger partial charge in [0.1, 0.15) is 30.8 Å². The Morgan fingerprint density at radius 2 is 1.35 bits per heavy atom. The zero-order chi connectivity index (χ0) is 71.0. The van der Waals surface area contributed by atoms with E-state index in [1.54, 1.807) is 109 Å². The lowest BCUT2D eigenvalue weighted by Gasteiger charge is -2.41. The molecule has 12 atom stereocenters. The number of aliphatic hydroxyl groups excluding tert-OH is 1. The van der Waals surface area contributed by atoms with Gasteiger partial charge in [-0.25, -0.2) is 9.59 Å². The Bertz CT molecular complexity index is 2920. The van der Waals surface area contributed by atoms with Crippen LogP contribution in [-0.4, -0.2) is 198 Å².